The van der Waals surface area contributed by atoms with E-state index in [1.165, 1.54) is 11.1 Å². The lowest BCUT2D eigenvalue weighted by atomic mass is 10.00. The van der Waals surface area contributed by atoms with Crippen LogP contribution in [0.25, 0.3) is 0 Å². The number of rotatable bonds is 5. The minimum absolute atomic E-state index is 0.0318. The second-order valence-electron chi connectivity index (χ2n) is 6.69. The first kappa shape index (κ1) is 17.4. The van der Waals surface area contributed by atoms with Crippen molar-refractivity contribution in [2.24, 2.45) is 0 Å². The van der Waals surface area contributed by atoms with Crippen molar-refractivity contribution >= 4 is 11.9 Å². The number of nitrogens with one attached hydrogen (secondary N) is 1. The second kappa shape index (κ2) is 7.61. The molecule has 3 rings (SSSR count). The van der Waals surface area contributed by atoms with Crippen molar-refractivity contribution in [2.45, 2.75) is 19.9 Å². The third-order valence-electron chi connectivity index (χ3n) is 4.33. The fraction of sp³-hybridized carbons (Fsp3) is 0.421. The van der Waals surface area contributed by atoms with Crippen molar-refractivity contribution in [1.82, 2.24) is 19.8 Å². The maximum Gasteiger partial charge on any atom is 0.272 e. The van der Waals surface area contributed by atoms with Crippen LogP contribution in [0, 0.1) is 6.92 Å². The molecule has 0 aliphatic carbocycles. The molecule has 6 nitrogen and oxygen atoms in total. The van der Waals surface area contributed by atoms with Crippen LogP contribution in [-0.2, 0) is 13.0 Å². The molecule has 0 unspecified atom stereocenters. The average Bonchev–Trinajstić information content (AvgIpc) is 2.60. The zero-order valence-electron chi connectivity index (χ0n) is 15.1. The number of nitrogens with zero attached hydrogens (tertiary/aromatic N) is 4. The van der Waals surface area contributed by atoms with Gasteiger partial charge in [0.05, 0.1) is 0 Å². The first-order valence-electron chi connectivity index (χ1n) is 8.63. The Morgan fingerprint density at radius 1 is 1.24 bits per heavy atom. The molecule has 0 fully saturated rings. The highest BCUT2D eigenvalue weighted by Crippen LogP contribution is 2.20. The van der Waals surface area contributed by atoms with Gasteiger partial charge in [0, 0.05) is 31.9 Å². The second-order valence-corrected chi connectivity index (χ2v) is 6.69. The van der Waals surface area contributed by atoms with Crippen LogP contribution in [0.15, 0.2) is 30.3 Å². The third-order valence-corrected chi connectivity index (χ3v) is 4.33. The lowest BCUT2D eigenvalue weighted by Crippen LogP contribution is -2.36. The average molecular weight is 339 g/mol. The Morgan fingerprint density at radius 3 is 2.76 bits per heavy atom. The summed E-state index contributed by atoms with van der Waals surface area (Å²) in [7, 11) is 4.03. The molecule has 25 heavy (non-hydrogen) atoms. The van der Waals surface area contributed by atoms with Crippen LogP contribution in [-0.4, -0.2) is 59.4 Å². The Bertz CT molecular complexity index is 759. The first-order chi connectivity index (χ1) is 12.0. The minimum atomic E-state index is -0.0318. The molecule has 0 spiro atoms. The third kappa shape index (κ3) is 4.33. The molecule has 1 aliphatic rings. The van der Waals surface area contributed by atoms with E-state index in [4.69, 9.17) is 0 Å². The summed E-state index contributed by atoms with van der Waals surface area (Å²) in [5, 5.41) is 3.20. The highest BCUT2D eigenvalue weighted by molar-refractivity contribution is 5.92. The van der Waals surface area contributed by atoms with E-state index in [2.05, 4.69) is 38.4 Å². The van der Waals surface area contributed by atoms with E-state index in [1.54, 1.807) is 6.07 Å². The molecule has 1 aromatic heterocycles. The molecule has 0 saturated carbocycles. The van der Waals surface area contributed by atoms with Crippen LogP contribution in [0.1, 0.15) is 27.3 Å². The summed E-state index contributed by atoms with van der Waals surface area (Å²) in [5.74, 6) is 0.485. The lowest BCUT2D eigenvalue weighted by molar-refractivity contribution is 0.0728. The summed E-state index contributed by atoms with van der Waals surface area (Å²) >= 11 is 0. The highest BCUT2D eigenvalue weighted by Gasteiger charge is 2.23. The van der Waals surface area contributed by atoms with E-state index >= 15 is 0 Å². The molecule has 0 saturated heterocycles. The number of aryl methyl sites for hydroxylation is 1. The van der Waals surface area contributed by atoms with Gasteiger partial charge in [-0.05, 0) is 44.6 Å². The van der Waals surface area contributed by atoms with Crippen LogP contribution in [0.2, 0.25) is 0 Å². The SMILES string of the molecule is Cc1cc(C(=O)N2CCc3ccccc3C2)nc(NCCN(C)C)n1. The molecular weight excluding hydrogens is 314 g/mol. The van der Waals surface area contributed by atoms with Crippen LogP contribution < -0.4 is 5.32 Å². The Kier molecular flexibility index (Phi) is 5.28. The molecule has 2 heterocycles. The van der Waals surface area contributed by atoms with E-state index in [0.29, 0.717) is 18.2 Å². The first-order valence-corrected chi connectivity index (χ1v) is 8.63. The highest BCUT2D eigenvalue weighted by atomic mass is 16.2. The number of likely N-dealkylation sites (N-methyl/N-ethyl adjacent to an activating group) is 1. The van der Waals surface area contributed by atoms with Crippen LogP contribution in [0.4, 0.5) is 5.95 Å². The molecule has 0 bridgehead atoms. The zero-order chi connectivity index (χ0) is 17.8. The molecule has 2 aromatic rings. The van der Waals surface area contributed by atoms with Crippen LogP contribution in [0.3, 0.4) is 0 Å². The summed E-state index contributed by atoms with van der Waals surface area (Å²) in [6.07, 6.45) is 0.889. The van der Waals surface area contributed by atoms with Crippen molar-refractivity contribution in [2.75, 3.05) is 39.0 Å². The number of anilines is 1. The molecule has 6 heteroatoms. The van der Waals surface area contributed by atoms with Gasteiger partial charge in [0.25, 0.3) is 5.91 Å². The number of hydrogen-bond donors (Lipinski definition) is 1. The van der Waals surface area contributed by atoms with Gasteiger partial charge in [0.15, 0.2) is 0 Å². The van der Waals surface area contributed by atoms with Gasteiger partial charge in [-0.15, -0.1) is 0 Å². The van der Waals surface area contributed by atoms with Crippen LogP contribution in [0.5, 0.6) is 0 Å². The molecule has 132 valence electrons. The van der Waals surface area contributed by atoms with Crippen molar-refractivity contribution in [3.8, 4) is 0 Å². The van der Waals surface area contributed by atoms with Gasteiger partial charge in [0.1, 0.15) is 5.69 Å². The molecule has 1 N–H and O–H groups in total. The molecule has 0 atom stereocenters. The molecule has 1 aromatic carbocycles. The van der Waals surface area contributed by atoms with Gasteiger partial charge in [-0.2, -0.15) is 0 Å². The van der Waals surface area contributed by atoms with E-state index in [9.17, 15) is 4.79 Å². The number of amides is 1. The van der Waals surface area contributed by atoms with Gasteiger partial charge in [0.2, 0.25) is 5.95 Å². The summed E-state index contributed by atoms with van der Waals surface area (Å²) in [4.78, 5) is 25.7. The molecule has 0 radical (unpaired) electrons. The number of carbonyl (C=O) groups excluding carboxylic acids is 1. The van der Waals surface area contributed by atoms with Gasteiger partial charge in [-0.1, -0.05) is 24.3 Å². The maximum absolute atomic E-state index is 12.9. The topological polar surface area (TPSA) is 61.4 Å². The smallest absolute Gasteiger partial charge is 0.272 e. The van der Waals surface area contributed by atoms with E-state index in [1.807, 2.05) is 32.0 Å². The lowest BCUT2D eigenvalue weighted by Gasteiger charge is -2.28. The van der Waals surface area contributed by atoms with Crippen molar-refractivity contribution in [3.05, 3.63) is 52.8 Å². The largest absolute Gasteiger partial charge is 0.353 e. The monoisotopic (exact) mass is 339 g/mol. The van der Waals surface area contributed by atoms with Crippen molar-refractivity contribution in [3.63, 3.8) is 0 Å². The van der Waals surface area contributed by atoms with E-state index in [-0.39, 0.29) is 5.91 Å². The molecule has 1 aliphatic heterocycles. The Balaban J connectivity index is 1.73. The predicted molar refractivity (Wildman–Crippen MR) is 98.7 cm³/mol. The number of aromatic nitrogens is 2. The summed E-state index contributed by atoms with van der Waals surface area (Å²) in [6.45, 7) is 4.87. The number of benzene rings is 1. The fourth-order valence-corrected chi connectivity index (χ4v) is 2.98. The van der Waals surface area contributed by atoms with Gasteiger partial charge < -0.3 is 15.1 Å². The summed E-state index contributed by atoms with van der Waals surface area (Å²) in [6, 6.07) is 10.1. The normalized spacial score (nSPS) is 13.7. The van der Waals surface area contributed by atoms with Crippen molar-refractivity contribution in [1.29, 1.82) is 0 Å². The minimum Gasteiger partial charge on any atom is -0.353 e. The van der Waals surface area contributed by atoms with Crippen LogP contribution >= 0.6 is 0 Å². The summed E-state index contributed by atoms with van der Waals surface area (Å²) in [5.41, 5.74) is 3.80. The van der Waals surface area contributed by atoms with Gasteiger partial charge in [-0.25, -0.2) is 9.97 Å². The Morgan fingerprint density at radius 2 is 2.00 bits per heavy atom. The Hall–Kier alpha value is -2.47. The summed E-state index contributed by atoms with van der Waals surface area (Å²) < 4.78 is 0. The van der Waals surface area contributed by atoms with Gasteiger partial charge >= 0.3 is 0 Å². The maximum atomic E-state index is 12.9. The van der Waals surface area contributed by atoms with E-state index in [0.717, 1.165) is 31.7 Å². The van der Waals surface area contributed by atoms with Crippen molar-refractivity contribution < 1.29 is 4.79 Å². The molecule has 1 amide bonds. The number of hydrogen-bond acceptors (Lipinski definition) is 5. The zero-order valence-corrected chi connectivity index (χ0v) is 15.1. The quantitative estimate of drug-likeness (QED) is 0.902. The molecular formula is C19H25N5O. The standard InChI is InChI=1S/C19H25N5O/c1-14-12-17(22-19(21-14)20-9-11-23(2)3)18(25)24-10-8-15-6-4-5-7-16(15)13-24/h4-7,12H,8-11,13H2,1-3H3,(H,20,21,22). The number of carbonyl (C=O) groups is 1. The predicted octanol–water partition coefficient (Wildman–Crippen LogP) is 1.96. The Labute approximate surface area is 148 Å². The van der Waals surface area contributed by atoms with Gasteiger partial charge in [-0.3, -0.25) is 4.79 Å². The fourth-order valence-electron chi connectivity index (χ4n) is 2.98. The number of fused-ring (bicyclic) bond motifs is 1. The van der Waals surface area contributed by atoms with E-state index < -0.39 is 0 Å².